The molecule has 1 saturated heterocycles. The number of amides is 1. The van der Waals surface area contributed by atoms with Gasteiger partial charge in [0.2, 0.25) is 0 Å². The lowest BCUT2D eigenvalue weighted by Gasteiger charge is -2.26. The molecule has 2 aromatic rings. The molecule has 1 aliphatic rings. The van der Waals surface area contributed by atoms with Gasteiger partial charge in [-0.25, -0.2) is 0 Å². The summed E-state index contributed by atoms with van der Waals surface area (Å²) < 4.78 is 5.23. The van der Waals surface area contributed by atoms with Crippen LogP contribution in [0.3, 0.4) is 0 Å². The summed E-state index contributed by atoms with van der Waals surface area (Å²) in [5, 5.41) is 15.6. The first-order valence-electron chi connectivity index (χ1n) is 8.42. The minimum atomic E-state index is -0.273. The van der Waals surface area contributed by atoms with Crippen LogP contribution in [0.2, 0.25) is 0 Å². The highest BCUT2D eigenvalue weighted by Gasteiger charge is 2.20. The number of morpholine rings is 1. The van der Waals surface area contributed by atoms with Gasteiger partial charge in [0.15, 0.2) is 0 Å². The summed E-state index contributed by atoms with van der Waals surface area (Å²) >= 11 is 0. The fourth-order valence-corrected chi connectivity index (χ4v) is 2.57. The van der Waals surface area contributed by atoms with E-state index in [0.717, 1.165) is 17.1 Å². The molecular weight excluding hydrogens is 328 g/mol. The molecule has 1 fully saturated rings. The van der Waals surface area contributed by atoms with Crippen LogP contribution in [0, 0.1) is 11.3 Å². The summed E-state index contributed by atoms with van der Waals surface area (Å²) in [5.41, 5.74) is 2.84. The minimum Gasteiger partial charge on any atom is -0.378 e. The van der Waals surface area contributed by atoms with Crippen LogP contribution in [0.25, 0.3) is 0 Å². The van der Waals surface area contributed by atoms with E-state index in [1.165, 1.54) is 6.20 Å². The number of para-hydroxylation sites is 1. The maximum Gasteiger partial charge on any atom is 0.266 e. The third kappa shape index (κ3) is 4.62. The van der Waals surface area contributed by atoms with Crippen molar-refractivity contribution in [2.45, 2.75) is 0 Å². The van der Waals surface area contributed by atoms with Gasteiger partial charge in [0.1, 0.15) is 11.6 Å². The van der Waals surface area contributed by atoms with E-state index in [4.69, 9.17) is 4.74 Å². The van der Waals surface area contributed by atoms with E-state index in [2.05, 4.69) is 10.6 Å². The maximum absolute atomic E-state index is 12.3. The van der Waals surface area contributed by atoms with Crippen molar-refractivity contribution in [2.75, 3.05) is 36.9 Å². The number of benzene rings is 2. The van der Waals surface area contributed by atoms with Gasteiger partial charge in [0, 0.05) is 36.4 Å². The highest BCUT2D eigenvalue weighted by Crippen LogP contribution is 2.19. The summed E-state index contributed by atoms with van der Waals surface area (Å²) in [6.45, 7) is 2.04. The molecule has 0 radical (unpaired) electrons. The molecule has 3 rings (SSSR count). The van der Waals surface area contributed by atoms with Crippen LogP contribution < -0.4 is 10.6 Å². The number of nitrogens with zero attached hydrogens (tertiary/aromatic N) is 2. The number of nitrogens with one attached hydrogen (secondary N) is 2. The molecule has 0 spiro atoms. The Morgan fingerprint density at radius 3 is 2.27 bits per heavy atom. The number of ether oxygens (including phenoxy) is 1. The molecule has 6 nitrogen and oxygen atoms in total. The number of carbonyl (C=O) groups is 1. The van der Waals surface area contributed by atoms with Crippen molar-refractivity contribution in [3.05, 3.63) is 66.4 Å². The molecule has 1 aliphatic heterocycles. The molecule has 1 heterocycles. The summed E-state index contributed by atoms with van der Waals surface area (Å²) in [4.78, 5) is 14.0. The molecule has 0 aromatic heterocycles. The molecule has 1 amide bonds. The van der Waals surface area contributed by atoms with Crippen LogP contribution in [-0.2, 0) is 9.53 Å². The molecule has 0 atom stereocenters. The van der Waals surface area contributed by atoms with Crippen molar-refractivity contribution in [1.29, 1.82) is 5.26 Å². The molecule has 0 aliphatic carbocycles. The Labute approximate surface area is 152 Å². The SMILES string of the molecule is N#C/C(=C/Nc1ccc(Nc2ccccc2)cc1)C(=O)N1CCOCC1. The van der Waals surface area contributed by atoms with Crippen molar-refractivity contribution in [3.8, 4) is 6.07 Å². The van der Waals surface area contributed by atoms with E-state index in [1.54, 1.807) is 4.90 Å². The van der Waals surface area contributed by atoms with Crippen LogP contribution in [0.15, 0.2) is 66.4 Å². The maximum atomic E-state index is 12.3. The van der Waals surface area contributed by atoms with Gasteiger partial charge in [0.05, 0.1) is 13.2 Å². The predicted octanol–water partition coefficient (Wildman–Crippen LogP) is 3.11. The summed E-state index contributed by atoms with van der Waals surface area (Å²) in [6.07, 6.45) is 1.46. The average Bonchev–Trinajstić information content (AvgIpc) is 2.71. The lowest BCUT2D eigenvalue weighted by atomic mass is 10.2. The fourth-order valence-electron chi connectivity index (χ4n) is 2.57. The summed E-state index contributed by atoms with van der Waals surface area (Å²) in [5.74, 6) is -0.273. The third-order valence-corrected chi connectivity index (χ3v) is 3.98. The zero-order valence-electron chi connectivity index (χ0n) is 14.3. The first-order chi connectivity index (χ1) is 12.8. The number of carbonyl (C=O) groups excluding carboxylic acids is 1. The zero-order chi connectivity index (χ0) is 18.2. The first-order valence-corrected chi connectivity index (χ1v) is 8.42. The Morgan fingerprint density at radius 1 is 1.00 bits per heavy atom. The van der Waals surface area contributed by atoms with Crippen LogP contribution in [-0.4, -0.2) is 37.1 Å². The minimum absolute atomic E-state index is 0.0818. The Morgan fingerprint density at radius 2 is 1.62 bits per heavy atom. The van der Waals surface area contributed by atoms with E-state index in [9.17, 15) is 10.1 Å². The largest absolute Gasteiger partial charge is 0.378 e. The standard InChI is InChI=1S/C20H20N4O2/c21-14-16(20(25)24-10-12-26-13-11-24)15-22-17-6-8-19(9-7-17)23-18-4-2-1-3-5-18/h1-9,15,22-23H,10-13H2/b16-15-. The number of anilines is 3. The Balaban J connectivity index is 1.61. The molecule has 26 heavy (non-hydrogen) atoms. The second-order valence-electron chi connectivity index (χ2n) is 5.79. The van der Waals surface area contributed by atoms with Crippen LogP contribution in [0.4, 0.5) is 17.1 Å². The second kappa shape index (κ2) is 8.70. The first kappa shape index (κ1) is 17.5. The second-order valence-corrected chi connectivity index (χ2v) is 5.79. The van der Waals surface area contributed by atoms with Gasteiger partial charge >= 0.3 is 0 Å². The molecule has 6 heteroatoms. The molecule has 2 N–H and O–H groups in total. The molecule has 0 unspecified atom stereocenters. The van der Waals surface area contributed by atoms with E-state index in [1.807, 2.05) is 60.7 Å². The molecule has 0 bridgehead atoms. The quantitative estimate of drug-likeness (QED) is 0.641. The number of rotatable bonds is 5. The molecule has 132 valence electrons. The number of hydrogen-bond donors (Lipinski definition) is 2. The van der Waals surface area contributed by atoms with E-state index in [-0.39, 0.29) is 11.5 Å². The summed E-state index contributed by atoms with van der Waals surface area (Å²) in [7, 11) is 0. The van der Waals surface area contributed by atoms with Crippen molar-refractivity contribution >= 4 is 23.0 Å². The van der Waals surface area contributed by atoms with Crippen molar-refractivity contribution in [1.82, 2.24) is 4.90 Å². The van der Waals surface area contributed by atoms with Crippen molar-refractivity contribution in [3.63, 3.8) is 0 Å². The Hall–Kier alpha value is -3.30. The van der Waals surface area contributed by atoms with Gasteiger partial charge in [-0.05, 0) is 36.4 Å². The lowest BCUT2D eigenvalue weighted by molar-refractivity contribution is -0.130. The van der Waals surface area contributed by atoms with Crippen molar-refractivity contribution in [2.24, 2.45) is 0 Å². The van der Waals surface area contributed by atoms with Gasteiger partial charge in [-0.1, -0.05) is 18.2 Å². The van der Waals surface area contributed by atoms with Crippen molar-refractivity contribution < 1.29 is 9.53 Å². The Bertz CT molecular complexity index is 804. The van der Waals surface area contributed by atoms with Crippen LogP contribution >= 0.6 is 0 Å². The van der Waals surface area contributed by atoms with E-state index in [0.29, 0.717) is 26.3 Å². The fraction of sp³-hybridized carbons (Fsp3) is 0.200. The summed E-state index contributed by atoms with van der Waals surface area (Å²) in [6, 6.07) is 19.5. The predicted molar refractivity (Wildman–Crippen MR) is 101 cm³/mol. The topological polar surface area (TPSA) is 77.4 Å². The smallest absolute Gasteiger partial charge is 0.266 e. The lowest BCUT2D eigenvalue weighted by Crippen LogP contribution is -2.41. The highest BCUT2D eigenvalue weighted by atomic mass is 16.5. The van der Waals surface area contributed by atoms with E-state index < -0.39 is 0 Å². The molecular formula is C20H20N4O2. The molecule has 0 saturated carbocycles. The number of nitriles is 1. The monoisotopic (exact) mass is 348 g/mol. The number of hydrogen-bond acceptors (Lipinski definition) is 5. The Kier molecular flexibility index (Phi) is 5.86. The van der Waals surface area contributed by atoms with Crippen LogP contribution in [0.5, 0.6) is 0 Å². The zero-order valence-corrected chi connectivity index (χ0v) is 14.3. The van der Waals surface area contributed by atoms with E-state index >= 15 is 0 Å². The average molecular weight is 348 g/mol. The van der Waals surface area contributed by atoms with Gasteiger partial charge in [0.25, 0.3) is 5.91 Å². The van der Waals surface area contributed by atoms with Gasteiger partial charge < -0.3 is 20.3 Å². The van der Waals surface area contributed by atoms with Gasteiger partial charge in [-0.15, -0.1) is 0 Å². The third-order valence-electron chi connectivity index (χ3n) is 3.98. The molecule has 2 aromatic carbocycles. The normalized spacial score (nSPS) is 14.4. The van der Waals surface area contributed by atoms with Crippen LogP contribution in [0.1, 0.15) is 0 Å². The highest BCUT2D eigenvalue weighted by molar-refractivity contribution is 5.97. The van der Waals surface area contributed by atoms with Gasteiger partial charge in [-0.3, -0.25) is 4.79 Å². The van der Waals surface area contributed by atoms with Gasteiger partial charge in [-0.2, -0.15) is 5.26 Å².